The van der Waals surface area contributed by atoms with Crippen molar-refractivity contribution in [2.75, 3.05) is 13.2 Å². The summed E-state index contributed by atoms with van der Waals surface area (Å²) in [7, 11) is 0. The van der Waals surface area contributed by atoms with Gasteiger partial charge in [0.2, 0.25) is 0 Å². The number of hydrogen-bond acceptors (Lipinski definition) is 7. The summed E-state index contributed by atoms with van der Waals surface area (Å²) in [5, 5.41) is 20.3. The molecule has 7 heteroatoms. The Kier molecular flexibility index (Phi) is 10.7. The molecule has 0 bridgehead atoms. The number of aliphatic hydroxyl groups excluding tert-OH is 2. The van der Waals surface area contributed by atoms with Crippen LogP contribution in [0.4, 0.5) is 0 Å². The number of unbranched alkanes of at least 4 members (excludes halogenated alkanes) is 1. The summed E-state index contributed by atoms with van der Waals surface area (Å²) >= 11 is 0. The lowest BCUT2D eigenvalue weighted by Crippen LogP contribution is -2.34. The quantitative estimate of drug-likeness (QED) is 0.280. The Morgan fingerprint density at radius 3 is 2.65 bits per heavy atom. The van der Waals surface area contributed by atoms with E-state index >= 15 is 0 Å². The van der Waals surface area contributed by atoms with Crippen LogP contribution in [-0.4, -0.2) is 59.6 Å². The molecule has 1 saturated carbocycles. The lowest BCUT2D eigenvalue weighted by molar-refractivity contribution is -0.147. The third-order valence-electron chi connectivity index (χ3n) is 4.94. The van der Waals surface area contributed by atoms with Gasteiger partial charge in [0, 0.05) is 18.8 Å². The fourth-order valence-corrected chi connectivity index (χ4v) is 3.44. The van der Waals surface area contributed by atoms with Crippen molar-refractivity contribution in [3.63, 3.8) is 0 Å². The minimum absolute atomic E-state index is 0.0278. The number of aliphatic hydroxyl groups is 2. The average molecular weight is 435 g/mol. The zero-order valence-corrected chi connectivity index (χ0v) is 18.3. The molecule has 0 aliphatic heterocycles. The molecule has 0 radical (unpaired) electrons. The molecular weight excluding hydrogens is 400 g/mol. The van der Waals surface area contributed by atoms with E-state index in [9.17, 15) is 19.8 Å². The van der Waals surface area contributed by atoms with Gasteiger partial charge >= 0.3 is 5.97 Å². The number of carbonyl (C=O) groups is 2. The van der Waals surface area contributed by atoms with Gasteiger partial charge in [0.05, 0.1) is 24.9 Å². The van der Waals surface area contributed by atoms with E-state index in [4.69, 9.17) is 14.2 Å². The van der Waals surface area contributed by atoms with Crippen LogP contribution in [0.2, 0.25) is 0 Å². The molecule has 1 aromatic carbocycles. The summed E-state index contributed by atoms with van der Waals surface area (Å²) in [6.07, 6.45) is 3.57. The summed E-state index contributed by atoms with van der Waals surface area (Å²) in [5.41, 5.74) is 0. The molecule has 1 aliphatic carbocycles. The summed E-state index contributed by atoms with van der Waals surface area (Å²) in [5.74, 6) is -0.0454. The molecule has 2 rings (SSSR count). The molecule has 172 valence electrons. The fraction of sp³-hybridized carbons (Fsp3) is 0.583. The first-order chi connectivity index (χ1) is 14.9. The van der Waals surface area contributed by atoms with Gasteiger partial charge in [-0.15, -0.1) is 0 Å². The number of rotatable bonds is 13. The Morgan fingerprint density at radius 2 is 1.94 bits per heavy atom. The number of hydrogen-bond donors (Lipinski definition) is 2. The molecule has 0 spiro atoms. The van der Waals surface area contributed by atoms with Crippen LogP contribution in [0.5, 0.6) is 5.75 Å². The van der Waals surface area contributed by atoms with Gasteiger partial charge in [-0.2, -0.15) is 0 Å². The van der Waals surface area contributed by atoms with Gasteiger partial charge in [0.15, 0.2) is 0 Å². The zero-order valence-electron chi connectivity index (χ0n) is 18.3. The van der Waals surface area contributed by atoms with Gasteiger partial charge in [-0.1, -0.05) is 30.4 Å². The van der Waals surface area contributed by atoms with E-state index < -0.39 is 24.2 Å². The van der Waals surface area contributed by atoms with Crippen LogP contribution in [0.3, 0.4) is 0 Å². The molecule has 7 nitrogen and oxygen atoms in total. The van der Waals surface area contributed by atoms with Crippen molar-refractivity contribution in [1.82, 2.24) is 0 Å². The lowest BCUT2D eigenvalue weighted by Gasteiger charge is -2.22. The van der Waals surface area contributed by atoms with Crippen LogP contribution in [0.1, 0.15) is 46.0 Å². The molecular formula is C24H34O7. The normalized spacial score (nSPS) is 22.2. The van der Waals surface area contributed by atoms with Crippen LogP contribution < -0.4 is 4.74 Å². The smallest absolute Gasteiger partial charge is 0.306 e. The van der Waals surface area contributed by atoms with E-state index in [2.05, 4.69) is 0 Å². The maximum absolute atomic E-state index is 12.2. The van der Waals surface area contributed by atoms with Crippen LogP contribution >= 0.6 is 0 Å². The van der Waals surface area contributed by atoms with Gasteiger partial charge in [-0.05, 0) is 45.2 Å². The SMILES string of the molecule is CC(C)OC(=O)CCCC=CC[C@H]1C(=O)C[C@@H](O)[C@@H]1OCC(O)COc1ccccc1. The summed E-state index contributed by atoms with van der Waals surface area (Å²) < 4.78 is 16.3. The first-order valence-electron chi connectivity index (χ1n) is 10.9. The predicted octanol–water partition coefficient (Wildman–Crippen LogP) is 2.83. The highest BCUT2D eigenvalue weighted by Gasteiger charge is 2.41. The summed E-state index contributed by atoms with van der Waals surface area (Å²) in [4.78, 5) is 23.7. The average Bonchev–Trinajstić information content (AvgIpc) is 3.00. The van der Waals surface area contributed by atoms with Crippen molar-refractivity contribution in [3.8, 4) is 5.75 Å². The van der Waals surface area contributed by atoms with Crippen molar-refractivity contribution in [2.45, 2.75) is 70.4 Å². The predicted molar refractivity (Wildman–Crippen MR) is 116 cm³/mol. The first kappa shape index (κ1) is 25.0. The molecule has 0 amide bonds. The summed E-state index contributed by atoms with van der Waals surface area (Å²) in [6.45, 7) is 3.67. The van der Waals surface area contributed by atoms with Gasteiger partial charge < -0.3 is 24.4 Å². The lowest BCUT2D eigenvalue weighted by atomic mass is 9.99. The molecule has 1 aliphatic rings. The maximum atomic E-state index is 12.2. The number of ketones is 1. The molecule has 31 heavy (non-hydrogen) atoms. The number of Topliss-reactive ketones (excluding diaryl/α,β-unsaturated/α-hetero) is 1. The van der Waals surface area contributed by atoms with E-state index in [-0.39, 0.29) is 37.5 Å². The number of benzene rings is 1. The number of para-hydroxylation sites is 1. The second-order valence-corrected chi connectivity index (χ2v) is 8.06. The molecule has 1 aromatic rings. The second kappa shape index (κ2) is 13.2. The molecule has 0 aromatic heterocycles. The number of allylic oxidation sites excluding steroid dienone is 2. The van der Waals surface area contributed by atoms with Gasteiger partial charge in [-0.25, -0.2) is 0 Å². The molecule has 0 saturated heterocycles. The minimum atomic E-state index is -0.876. The molecule has 1 fully saturated rings. The van der Waals surface area contributed by atoms with Gasteiger partial charge in [-0.3, -0.25) is 9.59 Å². The standard InChI is InChI=1S/C24H34O7/c1-17(2)31-23(28)13-9-4-3-8-12-20-21(26)14-22(27)24(20)30-16-18(25)15-29-19-10-6-5-7-11-19/h3,5-8,10-11,17-18,20,22,24-25,27H,4,9,12-16H2,1-2H3/t18?,20-,22+,24+/m0/s1. The zero-order chi connectivity index (χ0) is 22.6. The largest absolute Gasteiger partial charge is 0.491 e. The van der Waals surface area contributed by atoms with Crippen molar-refractivity contribution in [3.05, 3.63) is 42.5 Å². The Morgan fingerprint density at radius 1 is 1.19 bits per heavy atom. The Hall–Kier alpha value is -2.22. The molecule has 0 heterocycles. The van der Waals surface area contributed by atoms with Crippen molar-refractivity contribution in [1.29, 1.82) is 0 Å². The fourth-order valence-electron chi connectivity index (χ4n) is 3.44. The van der Waals surface area contributed by atoms with Crippen LogP contribution in [-0.2, 0) is 19.1 Å². The number of carbonyl (C=O) groups excluding carboxylic acids is 2. The topological polar surface area (TPSA) is 102 Å². The Labute approximate surface area is 184 Å². The van der Waals surface area contributed by atoms with E-state index in [0.29, 0.717) is 31.4 Å². The third kappa shape index (κ3) is 9.21. The molecule has 2 N–H and O–H groups in total. The molecule has 4 atom stereocenters. The van der Waals surface area contributed by atoms with Crippen molar-refractivity contribution >= 4 is 11.8 Å². The van der Waals surface area contributed by atoms with Crippen molar-refractivity contribution in [2.24, 2.45) is 5.92 Å². The van der Waals surface area contributed by atoms with Crippen molar-refractivity contribution < 1.29 is 34.0 Å². The van der Waals surface area contributed by atoms with Gasteiger partial charge in [0.1, 0.15) is 24.2 Å². The monoisotopic (exact) mass is 434 g/mol. The van der Waals surface area contributed by atoms with Crippen LogP contribution in [0.15, 0.2) is 42.5 Å². The second-order valence-electron chi connectivity index (χ2n) is 8.06. The Balaban J connectivity index is 1.71. The van der Waals surface area contributed by atoms with Crippen LogP contribution in [0, 0.1) is 5.92 Å². The number of esters is 1. The van der Waals surface area contributed by atoms with E-state index in [1.165, 1.54) is 0 Å². The van der Waals surface area contributed by atoms with Gasteiger partial charge in [0.25, 0.3) is 0 Å². The van der Waals surface area contributed by atoms with E-state index in [1.807, 2.05) is 44.2 Å². The van der Waals surface area contributed by atoms with E-state index in [0.717, 1.165) is 0 Å². The third-order valence-corrected chi connectivity index (χ3v) is 4.94. The Bertz CT molecular complexity index is 701. The summed E-state index contributed by atoms with van der Waals surface area (Å²) in [6, 6.07) is 9.15. The number of ether oxygens (including phenoxy) is 3. The highest BCUT2D eigenvalue weighted by molar-refractivity contribution is 5.85. The van der Waals surface area contributed by atoms with E-state index in [1.54, 1.807) is 12.1 Å². The molecule has 1 unspecified atom stereocenters. The maximum Gasteiger partial charge on any atom is 0.306 e. The highest BCUT2D eigenvalue weighted by atomic mass is 16.5. The first-order valence-corrected chi connectivity index (χ1v) is 10.9. The minimum Gasteiger partial charge on any atom is -0.491 e. The highest BCUT2D eigenvalue weighted by Crippen LogP contribution is 2.29. The van der Waals surface area contributed by atoms with Crippen LogP contribution in [0.25, 0.3) is 0 Å².